The summed E-state index contributed by atoms with van der Waals surface area (Å²) >= 11 is 0. The summed E-state index contributed by atoms with van der Waals surface area (Å²) in [7, 11) is 0. The highest BCUT2D eigenvalue weighted by Gasteiger charge is 2.14. The zero-order chi connectivity index (χ0) is 14.3. The van der Waals surface area contributed by atoms with Crippen molar-refractivity contribution < 1.29 is 9.90 Å². The van der Waals surface area contributed by atoms with Crippen molar-refractivity contribution in [1.29, 1.82) is 0 Å². The minimum Gasteiger partial charge on any atom is -0.397 e. The number of nitrogens with one attached hydrogen (secondary N) is 1. The van der Waals surface area contributed by atoms with Crippen molar-refractivity contribution >= 4 is 11.6 Å². The molecular formula is C14H25N3O2. The molecule has 1 unspecified atom stereocenters. The minimum atomic E-state index is -0.0958. The molecule has 5 nitrogen and oxygen atoms in total. The molecule has 108 valence electrons. The molecule has 0 radical (unpaired) electrons. The topological polar surface area (TPSA) is 80.3 Å². The Kier molecular flexibility index (Phi) is 6.42. The Morgan fingerprint density at radius 1 is 1.53 bits per heavy atom. The second-order valence-corrected chi connectivity index (χ2v) is 4.85. The number of aryl methyl sites for hydroxylation is 1. The third kappa shape index (κ3) is 4.59. The van der Waals surface area contributed by atoms with E-state index >= 15 is 0 Å². The molecule has 1 atom stereocenters. The Morgan fingerprint density at radius 3 is 2.84 bits per heavy atom. The van der Waals surface area contributed by atoms with Gasteiger partial charge in [-0.3, -0.25) is 4.79 Å². The van der Waals surface area contributed by atoms with Crippen LogP contribution in [-0.4, -0.2) is 28.7 Å². The van der Waals surface area contributed by atoms with Crippen LogP contribution < -0.4 is 11.1 Å². The summed E-state index contributed by atoms with van der Waals surface area (Å²) in [5, 5.41) is 11.9. The summed E-state index contributed by atoms with van der Waals surface area (Å²) < 4.78 is 1.89. The lowest BCUT2D eigenvalue weighted by atomic mass is 10.0. The number of hydrogen-bond acceptors (Lipinski definition) is 3. The lowest BCUT2D eigenvalue weighted by Crippen LogP contribution is -2.31. The number of aliphatic hydroxyl groups is 1. The Hall–Kier alpha value is -1.49. The molecule has 0 bridgehead atoms. The molecular weight excluding hydrogens is 242 g/mol. The Morgan fingerprint density at radius 2 is 2.26 bits per heavy atom. The number of carbonyl (C=O) groups is 1. The molecule has 0 aromatic carbocycles. The van der Waals surface area contributed by atoms with E-state index < -0.39 is 0 Å². The van der Waals surface area contributed by atoms with Crippen LogP contribution in [0.5, 0.6) is 0 Å². The first kappa shape index (κ1) is 15.6. The smallest absolute Gasteiger partial charge is 0.267 e. The van der Waals surface area contributed by atoms with Gasteiger partial charge in [0.25, 0.3) is 5.91 Å². The zero-order valence-corrected chi connectivity index (χ0v) is 11.9. The van der Waals surface area contributed by atoms with Crippen molar-refractivity contribution in [3.8, 4) is 0 Å². The van der Waals surface area contributed by atoms with E-state index in [4.69, 9.17) is 10.8 Å². The lowest BCUT2D eigenvalue weighted by molar-refractivity contribution is 0.0934. The number of aromatic nitrogens is 1. The number of rotatable bonds is 8. The second-order valence-electron chi connectivity index (χ2n) is 4.85. The van der Waals surface area contributed by atoms with Gasteiger partial charge in [0.2, 0.25) is 0 Å². The van der Waals surface area contributed by atoms with Crippen molar-refractivity contribution in [1.82, 2.24) is 9.88 Å². The monoisotopic (exact) mass is 267 g/mol. The van der Waals surface area contributed by atoms with Gasteiger partial charge in [0, 0.05) is 25.9 Å². The molecule has 5 heteroatoms. The summed E-state index contributed by atoms with van der Waals surface area (Å²) in [4.78, 5) is 12.1. The van der Waals surface area contributed by atoms with Gasteiger partial charge >= 0.3 is 0 Å². The lowest BCUT2D eigenvalue weighted by Gasteiger charge is -2.15. The molecule has 0 saturated carbocycles. The van der Waals surface area contributed by atoms with Crippen LogP contribution in [0.15, 0.2) is 12.3 Å². The highest BCUT2D eigenvalue weighted by Crippen LogP contribution is 2.12. The highest BCUT2D eigenvalue weighted by atomic mass is 16.3. The molecule has 0 aliphatic heterocycles. The third-order valence-corrected chi connectivity index (χ3v) is 3.28. The SMILES string of the molecule is CCCn1cc(N)cc1C(=O)NCC(CC)CCO. The Bertz CT molecular complexity index is 401. The first-order valence-corrected chi connectivity index (χ1v) is 6.97. The molecule has 1 rings (SSSR count). The second kappa shape index (κ2) is 7.84. The van der Waals surface area contributed by atoms with Crippen LogP contribution in [0.4, 0.5) is 5.69 Å². The van der Waals surface area contributed by atoms with Gasteiger partial charge < -0.3 is 20.7 Å². The van der Waals surface area contributed by atoms with E-state index in [9.17, 15) is 4.79 Å². The standard InChI is InChI=1S/C14H25N3O2/c1-3-6-17-10-12(15)8-13(17)14(19)16-9-11(4-2)5-7-18/h8,10-11,18H,3-7,9,15H2,1-2H3,(H,16,19). The summed E-state index contributed by atoms with van der Waals surface area (Å²) in [6.07, 6.45) is 4.41. The van der Waals surface area contributed by atoms with Crippen LogP contribution in [-0.2, 0) is 6.54 Å². The van der Waals surface area contributed by atoms with E-state index in [1.807, 2.05) is 4.57 Å². The minimum absolute atomic E-state index is 0.0958. The van der Waals surface area contributed by atoms with Crippen molar-refractivity contribution in [2.24, 2.45) is 5.92 Å². The first-order chi connectivity index (χ1) is 9.12. The summed E-state index contributed by atoms with van der Waals surface area (Å²) in [6, 6.07) is 1.71. The normalized spacial score (nSPS) is 12.4. The maximum Gasteiger partial charge on any atom is 0.267 e. The van der Waals surface area contributed by atoms with Gasteiger partial charge in [0.05, 0.1) is 5.69 Å². The maximum atomic E-state index is 12.1. The van der Waals surface area contributed by atoms with Crippen LogP contribution >= 0.6 is 0 Å². The predicted molar refractivity (Wildman–Crippen MR) is 77.0 cm³/mol. The fourth-order valence-electron chi connectivity index (χ4n) is 2.11. The predicted octanol–water partition coefficient (Wildman–Crippen LogP) is 1.62. The van der Waals surface area contributed by atoms with Crippen LogP contribution in [0.1, 0.15) is 43.6 Å². The van der Waals surface area contributed by atoms with E-state index in [2.05, 4.69) is 19.2 Å². The zero-order valence-electron chi connectivity index (χ0n) is 11.9. The number of hydrogen-bond donors (Lipinski definition) is 3. The van der Waals surface area contributed by atoms with E-state index in [0.717, 1.165) is 25.8 Å². The molecule has 19 heavy (non-hydrogen) atoms. The van der Waals surface area contributed by atoms with Crippen LogP contribution in [0, 0.1) is 5.92 Å². The maximum absolute atomic E-state index is 12.1. The average Bonchev–Trinajstić information content (AvgIpc) is 2.75. The molecule has 4 N–H and O–H groups in total. The van der Waals surface area contributed by atoms with Gasteiger partial charge in [-0.1, -0.05) is 20.3 Å². The molecule has 0 aliphatic carbocycles. The van der Waals surface area contributed by atoms with E-state index in [1.54, 1.807) is 12.3 Å². The molecule has 0 fully saturated rings. The number of nitrogens with zero attached hydrogens (tertiary/aromatic N) is 1. The van der Waals surface area contributed by atoms with Gasteiger partial charge in [-0.2, -0.15) is 0 Å². The van der Waals surface area contributed by atoms with Gasteiger partial charge in [0.1, 0.15) is 5.69 Å². The average molecular weight is 267 g/mol. The van der Waals surface area contributed by atoms with Gasteiger partial charge in [-0.25, -0.2) is 0 Å². The fraction of sp³-hybridized carbons (Fsp3) is 0.643. The Labute approximate surface area is 114 Å². The molecule has 1 aromatic rings. The van der Waals surface area contributed by atoms with Crippen molar-refractivity contribution in [2.75, 3.05) is 18.9 Å². The quantitative estimate of drug-likeness (QED) is 0.669. The van der Waals surface area contributed by atoms with Gasteiger partial charge in [-0.15, -0.1) is 0 Å². The van der Waals surface area contributed by atoms with Gasteiger partial charge in [0.15, 0.2) is 0 Å². The molecule has 0 spiro atoms. The highest BCUT2D eigenvalue weighted by molar-refractivity contribution is 5.93. The summed E-state index contributed by atoms with van der Waals surface area (Å²) in [5.74, 6) is 0.224. The number of aliphatic hydroxyl groups excluding tert-OH is 1. The third-order valence-electron chi connectivity index (χ3n) is 3.28. The van der Waals surface area contributed by atoms with E-state index in [-0.39, 0.29) is 12.5 Å². The van der Waals surface area contributed by atoms with Gasteiger partial charge in [-0.05, 0) is 24.8 Å². The van der Waals surface area contributed by atoms with Crippen LogP contribution in [0.2, 0.25) is 0 Å². The number of carbonyl (C=O) groups excluding carboxylic acids is 1. The Balaban J connectivity index is 2.62. The fourth-order valence-corrected chi connectivity index (χ4v) is 2.11. The van der Waals surface area contributed by atoms with E-state index in [1.165, 1.54) is 0 Å². The van der Waals surface area contributed by atoms with Crippen molar-refractivity contribution in [2.45, 2.75) is 39.7 Å². The van der Waals surface area contributed by atoms with Crippen molar-refractivity contribution in [3.05, 3.63) is 18.0 Å². The number of nitrogens with two attached hydrogens (primary N) is 1. The summed E-state index contributed by atoms with van der Waals surface area (Å²) in [6.45, 7) is 5.66. The van der Waals surface area contributed by atoms with Crippen LogP contribution in [0.3, 0.4) is 0 Å². The largest absolute Gasteiger partial charge is 0.397 e. The van der Waals surface area contributed by atoms with E-state index in [0.29, 0.717) is 23.8 Å². The summed E-state index contributed by atoms with van der Waals surface area (Å²) in [5.41, 5.74) is 6.96. The first-order valence-electron chi connectivity index (χ1n) is 6.97. The van der Waals surface area contributed by atoms with Crippen LogP contribution in [0.25, 0.3) is 0 Å². The molecule has 0 aliphatic rings. The number of nitrogen functional groups attached to an aromatic ring is 1. The molecule has 1 amide bonds. The number of anilines is 1. The van der Waals surface area contributed by atoms with Crippen molar-refractivity contribution in [3.63, 3.8) is 0 Å². The molecule has 1 aromatic heterocycles. The molecule has 0 saturated heterocycles. The molecule has 1 heterocycles. The number of amides is 1.